The number of ether oxygens (including phenoxy) is 1. The fourth-order valence-corrected chi connectivity index (χ4v) is 2.98. The van der Waals surface area contributed by atoms with Gasteiger partial charge in [-0.25, -0.2) is 9.78 Å². The van der Waals surface area contributed by atoms with Gasteiger partial charge in [0, 0.05) is 11.1 Å². The second kappa shape index (κ2) is 7.17. The van der Waals surface area contributed by atoms with Gasteiger partial charge in [0.1, 0.15) is 5.82 Å². The van der Waals surface area contributed by atoms with Crippen molar-refractivity contribution in [1.29, 1.82) is 0 Å². The number of carboxylic acids is 1. The molecule has 1 heterocycles. The van der Waals surface area contributed by atoms with Gasteiger partial charge < -0.3 is 14.8 Å². The fourth-order valence-electron chi connectivity index (χ4n) is 2.38. The lowest BCUT2D eigenvalue weighted by molar-refractivity contribution is 0.0697. The summed E-state index contributed by atoms with van der Waals surface area (Å²) in [5.74, 6) is 0.108. The third kappa shape index (κ3) is 3.62. The molecule has 0 saturated carbocycles. The molecule has 0 aliphatic heterocycles. The Labute approximate surface area is 154 Å². The van der Waals surface area contributed by atoms with E-state index in [2.05, 4.69) is 9.97 Å². The Morgan fingerprint density at radius 1 is 1.16 bits per heavy atom. The number of carboxylic acid groups (broad SMARTS) is 1. The molecule has 3 rings (SSSR count). The molecule has 2 aromatic carbocycles. The average Bonchev–Trinajstić information content (AvgIpc) is 3.08. The predicted molar refractivity (Wildman–Crippen MR) is 97.6 cm³/mol. The molecule has 0 atom stereocenters. The number of halogens is 2. The van der Waals surface area contributed by atoms with E-state index < -0.39 is 5.97 Å². The first-order valence-corrected chi connectivity index (χ1v) is 8.26. The zero-order valence-corrected chi connectivity index (χ0v) is 14.7. The first kappa shape index (κ1) is 17.3. The van der Waals surface area contributed by atoms with Crippen molar-refractivity contribution in [3.8, 4) is 28.4 Å². The summed E-state index contributed by atoms with van der Waals surface area (Å²) in [4.78, 5) is 18.4. The van der Waals surface area contributed by atoms with Crippen LogP contribution in [0.4, 0.5) is 0 Å². The van der Waals surface area contributed by atoms with E-state index in [0.717, 1.165) is 16.8 Å². The van der Waals surface area contributed by atoms with E-state index in [1.807, 2.05) is 6.92 Å². The van der Waals surface area contributed by atoms with Crippen LogP contribution in [-0.2, 0) is 0 Å². The smallest absolute Gasteiger partial charge is 0.335 e. The van der Waals surface area contributed by atoms with Crippen molar-refractivity contribution in [1.82, 2.24) is 9.97 Å². The molecule has 3 aromatic rings. The van der Waals surface area contributed by atoms with Gasteiger partial charge in [0.05, 0.1) is 34.1 Å². The molecule has 0 fully saturated rings. The maximum Gasteiger partial charge on any atom is 0.335 e. The van der Waals surface area contributed by atoms with E-state index in [-0.39, 0.29) is 5.56 Å². The molecular weight excluding hydrogens is 363 g/mol. The van der Waals surface area contributed by atoms with Crippen LogP contribution in [0.3, 0.4) is 0 Å². The minimum Gasteiger partial charge on any atom is -0.491 e. The first-order chi connectivity index (χ1) is 12.0. The van der Waals surface area contributed by atoms with E-state index in [1.54, 1.807) is 30.5 Å². The standard InChI is InChI=1S/C18H14Cl2N2O3/c1-2-25-16-13(19)7-12(8-14(16)20)15-9-21-17(22-15)10-3-5-11(6-4-10)18(23)24/h3-9H,2H2,1H3,(H,21,22)(H,23,24). The molecule has 1 aromatic heterocycles. The molecule has 0 radical (unpaired) electrons. The van der Waals surface area contributed by atoms with Crippen molar-refractivity contribution >= 4 is 29.2 Å². The number of aromatic amines is 1. The van der Waals surface area contributed by atoms with Gasteiger partial charge in [0.15, 0.2) is 5.75 Å². The van der Waals surface area contributed by atoms with Gasteiger partial charge in [0.25, 0.3) is 0 Å². The Balaban J connectivity index is 1.92. The number of benzene rings is 2. The van der Waals surface area contributed by atoms with Crippen molar-refractivity contribution in [2.45, 2.75) is 6.92 Å². The van der Waals surface area contributed by atoms with E-state index in [4.69, 9.17) is 33.0 Å². The zero-order chi connectivity index (χ0) is 18.0. The number of aromatic carboxylic acids is 1. The number of aromatic nitrogens is 2. The van der Waals surface area contributed by atoms with Crippen molar-refractivity contribution in [2.75, 3.05) is 6.61 Å². The van der Waals surface area contributed by atoms with Crippen LogP contribution in [-0.4, -0.2) is 27.7 Å². The highest BCUT2D eigenvalue weighted by atomic mass is 35.5. The summed E-state index contributed by atoms with van der Waals surface area (Å²) in [5.41, 5.74) is 2.52. The number of nitrogens with one attached hydrogen (secondary N) is 1. The van der Waals surface area contributed by atoms with Gasteiger partial charge in [-0.2, -0.15) is 0 Å². The Hall–Kier alpha value is -2.50. The van der Waals surface area contributed by atoms with E-state index in [1.165, 1.54) is 12.1 Å². The molecule has 0 amide bonds. The number of hydrogen-bond acceptors (Lipinski definition) is 3. The van der Waals surface area contributed by atoms with Crippen LogP contribution < -0.4 is 4.74 Å². The molecule has 0 bridgehead atoms. The number of nitrogens with zero attached hydrogens (tertiary/aromatic N) is 1. The highest BCUT2D eigenvalue weighted by molar-refractivity contribution is 6.37. The van der Waals surface area contributed by atoms with Crippen LogP contribution in [0.15, 0.2) is 42.6 Å². The van der Waals surface area contributed by atoms with Gasteiger partial charge in [0.2, 0.25) is 0 Å². The van der Waals surface area contributed by atoms with Crippen LogP contribution >= 0.6 is 23.2 Å². The van der Waals surface area contributed by atoms with E-state index in [0.29, 0.717) is 28.2 Å². The zero-order valence-electron chi connectivity index (χ0n) is 13.2. The number of hydrogen-bond donors (Lipinski definition) is 2. The minimum absolute atomic E-state index is 0.223. The fraction of sp³-hybridized carbons (Fsp3) is 0.111. The molecule has 2 N–H and O–H groups in total. The molecule has 0 aliphatic rings. The molecule has 5 nitrogen and oxygen atoms in total. The quantitative estimate of drug-likeness (QED) is 0.645. The third-order valence-corrected chi connectivity index (χ3v) is 4.14. The van der Waals surface area contributed by atoms with Gasteiger partial charge in [-0.05, 0) is 31.2 Å². The van der Waals surface area contributed by atoms with E-state index in [9.17, 15) is 4.79 Å². The summed E-state index contributed by atoms with van der Waals surface area (Å²) in [5, 5.41) is 9.80. The third-order valence-electron chi connectivity index (χ3n) is 3.58. The summed E-state index contributed by atoms with van der Waals surface area (Å²) in [7, 11) is 0. The Morgan fingerprint density at radius 3 is 2.36 bits per heavy atom. The lowest BCUT2D eigenvalue weighted by Gasteiger charge is -2.09. The van der Waals surface area contributed by atoms with Crippen LogP contribution in [0.25, 0.3) is 22.6 Å². The van der Waals surface area contributed by atoms with Crippen molar-refractivity contribution in [3.05, 3.63) is 58.2 Å². The highest BCUT2D eigenvalue weighted by Gasteiger charge is 2.13. The van der Waals surface area contributed by atoms with Crippen LogP contribution in [0.2, 0.25) is 10.0 Å². The number of rotatable bonds is 5. The second-order valence-electron chi connectivity index (χ2n) is 5.23. The topological polar surface area (TPSA) is 75.2 Å². The summed E-state index contributed by atoms with van der Waals surface area (Å²) in [6.07, 6.45) is 1.67. The maximum atomic E-state index is 10.9. The monoisotopic (exact) mass is 376 g/mol. The Morgan fingerprint density at radius 2 is 1.80 bits per heavy atom. The van der Waals surface area contributed by atoms with Gasteiger partial charge in [-0.3, -0.25) is 0 Å². The van der Waals surface area contributed by atoms with Crippen LogP contribution in [0.5, 0.6) is 5.75 Å². The minimum atomic E-state index is -0.967. The first-order valence-electron chi connectivity index (χ1n) is 7.50. The molecule has 0 spiro atoms. The summed E-state index contributed by atoms with van der Waals surface area (Å²) in [6, 6.07) is 9.97. The molecule has 7 heteroatoms. The molecule has 0 saturated heterocycles. The van der Waals surface area contributed by atoms with Crippen molar-refractivity contribution in [3.63, 3.8) is 0 Å². The van der Waals surface area contributed by atoms with Gasteiger partial charge in [-0.1, -0.05) is 35.3 Å². The SMILES string of the molecule is CCOc1c(Cl)cc(-c2cnc(-c3ccc(C(=O)O)cc3)[nH]2)cc1Cl. The molecule has 0 unspecified atom stereocenters. The van der Waals surface area contributed by atoms with Crippen molar-refractivity contribution < 1.29 is 14.6 Å². The van der Waals surface area contributed by atoms with Crippen molar-refractivity contribution in [2.24, 2.45) is 0 Å². The van der Waals surface area contributed by atoms with Gasteiger partial charge in [-0.15, -0.1) is 0 Å². The van der Waals surface area contributed by atoms with Crippen LogP contribution in [0.1, 0.15) is 17.3 Å². The molecule has 25 heavy (non-hydrogen) atoms. The molecule has 0 aliphatic carbocycles. The normalized spacial score (nSPS) is 10.7. The lowest BCUT2D eigenvalue weighted by atomic mass is 10.1. The number of carbonyl (C=O) groups is 1. The largest absolute Gasteiger partial charge is 0.491 e. The summed E-state index contributed by atoms with van der Waals surface area (Å²) >= 11 is 12.5. The van der Waals surface area contributed by atoms with E-state index >= 15 is 0 Å². The highest BCUT2D eigenvalue weighted by Crippen LogP contribution is 2.37. The molecular formula is C18H14Cl2N2O3. The second-order valence-corrected chi connectivity index (χ2v) is 6.04. The maximum absolute atomic E-state index is 10.9. The summed E-state index contributed by atoms with van der Waals surface area (Å²) in [6.45, 7) is 2.33. The average molecular weight is 377 g/mol. The Kier molecular flexibility index (Phi) is 4.97. The summed E-state index contributed by atoms with van der Waals surface area (Å²) < 4.78 is 5.43. The predicted octanol–water partition coefficient (Wildman–Crippen LogP) is 5.15. The lowest BCUT2D eigenvalue weighted by Crippen LogP contribution is -1.95. The van der Waals surface area contributed by atoms with Crippen LogP contribution in [0, 0.1) is 0 Å². The number of H-pyrrole nitrogens is 1. The number of imidazole rings is 1. The van der Waals surface area contributed by atoms with Gasteiger partial charge >= 0.3 is 5.97 Å². The molecule has 128 valence electrons. The Bertz CT molecular complexity index is 897.